The number of hydrogen-bond acceptors (Lipinski definition) is 3. The SMILES string of the molecule is CC1(C)C=C(Nc2ccccc2)C(C)(C)N1O. The van der Waals surface area contributed by atoms with E-state index >= 15 is 0 Å². The molecule has 0 saturated carbocycles. The third-order valence-corrected chi connectivity index (χ3v) is 3.28. The van der Waals surface area contributed by atoms with E-state index in [1.54, 1.807) is 0 Å². The van der Waals surface area contributed by atoms with E-state index < -0.39 is 5.54 Å². The van der Waals surface area contributed by atoms with Crippen molar-refractivity contribution in [3.8, 4) is 0 Å². The molecule has 1 aromatic carbocycles. The van der Waals surface area contributed by atoms with Crippen molar-refractivity contribution in [1.82, 2.24) is 5.06 Å². The van der Waals surface area contributed by atoms with Crippen molar-refractivity contribution in [3.05, 3.63) is 42.1 Å². The van der Waals surface area contributed by atoms with Crippen LogP contribution in [0.3, 0.4) is 0 Å². The van der Waals surface area contributed by atoms with Gasteiger partial charge in [0.05, 0.1) is 11.1 Å². The molecule has 0 bridgehead atoms. The van der Waals surface area contributed by atoms with Crippen LogP contribution < -0.4 is 5.32 Å². The van der Waals surface area contributed by atoms with E-state index in [9.17, 15) is 5.21 Å². The third kappa shape index (κ3) is 2.08. The fourth-order valence-electron chi connectivity index (χ4n) is 2.29. The van der Waals surface area contributed by atoms with Gasteiger partial charge in [-0.15, -0.1) is 0 Å². The standard InChI is InChI=1S/C14H20N2O/c1-13(2)10-12(14(3,4)16(13)17)15-11-8-6-5-7-9-11/h5-10,15,17H,1-4H3. The molecule has 2 N–H and O–H groups in total. The van der Waals surface area contributed by atoms with Gasteiger partial charge in [-0.1, -0.05) is 18.2 Å². The number of para-hydroxylation sites is 1. The van der Waals surface area contributed by atoms with Crippen LogP contribution in [-0.4, -0.2) is 21.3 Å². The average Bonchev–Trinajstić information content (AvgIpc) is 2.41. The van der Waals surface area contributed by atoms with Crippen molar-refractivity contribution < 1.29 is 5.21 Å². The highest BCUT2D eigenvalue weighted by molar-refractivity contribution is 5.52. The summed E-state index contributed by atoms with van der Waals surface area (Å²) in [6.07, 6.45) is 2.07. The third-order valence-electron chi connectivity index (χ3n) is 3.28. The van der Waals surface area contributed by atoms with Gasteiger partial charge in [-0.3, -0.25) is 0 Å². The Bertz CT molecular complexity index is 435. The van der Waals surface area contributed by atoms with Gasteiger partial charge in [0.2, 0.25) is 0 Å². The van der Waals surface area contributed by atoms with Crippen molar-refractivity contribution in [1.29, 1.82) is 0 Å². The second-order valence-corrected chi connectivity index (χ2v) is 5.57. The molecule has 0 atom stereocenters. The Balaban J connectivity index is 2.28. The molecule has 1 aliphatic rings. The summed E-state index contributed by atoms with van der Waals surface area (Å²) in [5.41, 5.74) is 1.31. The molecule has 0 unspecified atom stereocenters. The lowest BCUT2D eigenvalue weighted by Gasteiger charge is -2.36. The van der Waals surface area contributed by atoms with E-state index in [0.717, 1.165) is 11.4 Å². The minimum Gasteiger partial charge on any atom is -0.358 e. The van der Waals surface area contributed by atoms with Crippen LogP contribution in [0.5, 0.6) is 0 Å². The molecule has 1 heterocycles. The van der Waals surface area contributed by atoms with Crippen LogP contribution in [0.25, 0.3) is 0 Å². The first kappa shape index (κ1) is 12.1. The highest BCUT2D eigenvalue weighted by atomic mass is 16.5. The van der Waals surface area contributed by atoms with Crippen LogP contribution in [0.1, 0.15) is 27.7 Å². The number of nitrogens with zero attached hydrogens (tertiary/aromatic N) is 1. The van der Waals surface area contributed by atoms with Crippen LogP contribution in [0, 0.1) is 0 Å². The largest absolute Gasteiger partial charge is 0.358 e. The van der Waals surface area contributed by atoms with Gasteiger partial charge in [-0.2, -0.15) is 5.06 Å². The number of hydroxylamine groups is 2. The fraction of sp³-hybridized carbons (Fsp3) is 0.429. The summed E-state index contributed by atoms with van der Waals surface area (Å²) < 4.78 is 0. The average molecular weight is 232 g/mol. The molecule has 1 aromatic rings. The molecule has 0 saturated heterocycles. The molecule has 2 rings (SSSR count). The lowest BCUT2D eigenvalue weighted by molar-refractivity contribution is -0.184. The van der Waals surface area contributed by atoms with Gasteiger partial charge in [-0.05, 0) is 45.9 Å². The predicted molar refractivity (Wildman–Crippen MR) is 69.9 cm³/mol. The zero-order valence-corrected chi connectivity index (χ0v) is 10.9. The summed E-state index contributed by atoms with van der Waals surface area (Å²) in [7, 11) is 0. The Labute approximate surface area is 103 Å². The van der Waals surface area contributed by atoms with E-state index in [2.05, 4.69) is 11.4 Å². The minimum absolute atomic E-state index is 0.347. The Kier molecular flexibility index (Phi) is 2.76. The first-order valence-corrected chi connectivity index (χ1v) is 5.89. The summed E-state index contributed by atoms with van der Waals surface area (Å²) in [6, 6.07) is 10.0. The second-order valence-electron chi connectivity index (χ2n) is 5.57. The molecular weight excluding hydrogens is 212 g/mol. The zero-order chi connectivity index (χ0) is 12.7. The lowest BCUT2D eigenvalue weighted by Crippen LogP contribution is -2.48. The maximum absolute atomic E-state index is 10.2. The number of benzene rings is 1. The van der Waals surface area contributed by atoms with Crippen molar-refractivity contribution in [2.75, 3.05) is 5.32 Å². The Hall–Kier alpha value is -1.32. The minimum atomic E-state index is -0.403. The quantitative estimate of drug-likeness (QED) is 0.821. The van der Waals surface area contributed by atoms with Gasteiger partial charge >= 0.3 is 0 Å². The van der Waals surface area contributed by atoms with E-state index in [-0.39, 0.29) is 5.54 Å². The van der Waals surface area contributed by atoms with Gasteiger partial charge in [0.1, 0.15) is 0 Å². The molecule has 0 aromatic heterocycles. The molecule has 17 heavy (non-hydrogen) atoms. The van der Waals surface area contributed by atoms with Gasteiger partial charge in [0.15, 0.2) is 0 Å². The number of rotatable bonds is 2. The predicted octanol–water partition coefficient (Wildman–Crippen LogP) is 3.24. The van der Waals surface area contributed by atoms with Gasteiger partial charge in [0, 0.05) is 11.4 Å². The summed E-state index contributed by atoms with van der Waals surface area (Å²) in [5, 5.41) is 14.9. The highest BCUT2D eigenvalue weighted by Gasteiger charge is 2.45. The van der Waals surface area contributed by atoms with Crippen molar-refractivity contribution >= 4 is 5.69 Å². The molecule has 3 nitrogen and oxygen atoms in total. The lowest BCUT2D eigenvalue weighted by atomic mass is 10.0. The van der Waals surface area contributed by atoms with Crippen LogP contribution in [-0.2, 0) is 0 Å². The van der Waals surface area contributed by atoms with E-state index in [1.807, 2.05) is 58.0 Å². The summed E-state index contributed by atoms with van der Waals surface area (Å²) >= 11 is 0. The second kappa shape index (κ2) is 3.86. The first-order chi connectivity index (χ1) is 7.84. The Morgan fingerprint density at radius 2 is 1.65 bits per heavy atom. The highest BCUT2D eigenvalue weighted by Crippen LogP contribution is 2.38. The normalized spacial score (nSPS) is 22.3. The smallest absolute Gasteiger partial charge is 0.0808 e. The van der Waals surface area contributed by atoms with Crippen molar-refractivity contribution in [2.45, 2.75) is 38.8 Å². The first-order valence-electron chi connectivity index (χ1n) is 5.89. The molecule has 1 aliphatic heterocycles. The molecule has 0 amide bonds. The van der Waals surface area contributed by atoms with Crippen LogP contribution in [0.15, 0.2) is 42.1 Å². The Morgan fingerprint density at radius 3 is 2.12 bits per heavy atom. The molecule has 0 aliphatic carbocycles. The van der Waals surface area contributed by atoms with Gasteiger partial charge < -0.3 is 10.5 Å². The van der Waals surface area contributed by atoms with E-state index in [0.29, 0.717) is 0 Å². The zero-order valence-electron chi connectivity index (χ0n) is 10.9. The van der Waals surface area contributed by atoms with Gasteiger partial charge in [-0.25, -0.2) is 0 Å². The van der Waals surface area contributed by atoms with E-state index in [4.69, 9.17) is 0 Å². The summed E-state index contributed by atoms with van der Waals surface area (Å²) in [6.45, 7) is 8.00. The van der Waals surface area contributed by atoms with Crippen molar-refractivity contribution in [2.24, 2.45) is 0 Å². The van der Waals surface area contributed by atoms with Crippen LogP contribution in [0.2, 0.25) is 0 Å². The molecule has 0 spiro atoms. The number of anilines is 1. The van der Waals surface area contributed by atoms with E-state index in [1.165, 1.54) is 5.06 Å². The molecule has 92 valence electrons. The molecule has 0 fully saturated rings. The van der Waals surface area contributed by atoms with Crippen molar-refractivity contribution in [3.63, 3.8) is 0 Å². The Morgan fingerprint density at radius 1 is 1.06 bits per heavy atom. The summed E-state index contributed by atoms with van der Waals surface area (Å²) in [5.74, 6) is 0. The maximum Gasteiger partial charge on any atom is 0.0808 e. The summed E-state index contributed by atoms with van der Waals surface area (Å²) in [4.78, 5) is 0. The number of hydrogen-bond donors (Lipinski definition) is 2. The monoisotopic (exact) mass is 232 g/mol. The molecule has 3 heteroatoms. The fourth-order valence-corrected chi connectivity index (χ4v) is 2.29. The maximum atomic E-state index is 10.2. The van der Waals surface area contributed by atoms with Crippen LogP contribution in [0.4, 0.5) is 5.69 Å². The topological polar surface area (TPSA) is 35.5 Å². The molecular formula is C14H20N2O. The molecule has 0 radical (unpaired) electrons. The van der Waals surface area contributed by atoms with Crippen LogP contribution >= 0.6 is 0 Å². The van der Waals surface area contributed by atoms with Gasteiger partial charge in [0.25, 0.3) is 0 Å². The number of nitrogens with one attached hydrogen (secondary N) is 1.